The number of benzene rings is 3. The standard InChI is InChI=1S/C20H19N3O11S3.2Na/c1-12(24)21-13-5-6-16-17(10-13)19(25)11-18(20(16)36(28,29)30)23-22-14-3-2-4-15(9-14)35(26,27)8-7-34-37(31,32)33;;/h2-6,9-11,25H,7-8H2,1H3,(H,21,24)(H,28,29,30)(H,31,32,33);;/q;2*+1/p-2. The molecule has 3 rings (SSSR count). The number of aromatic hydroxyl groups is 1. The fourth-order valence-corrected chi connectivity index (χ4v) is 5.52. The monoisotopic (exact) mass is 617 g/mol. The summed E-state index contributed by atoms with van der Waals surface area (Å²) in [4.78, 5) is 10.1. The molecule has 0 radical (unpaired) electrons. The van der Waals surface area contributed by atoms with E-state index in [4.69, 9.17) is 0 Å². The Bertz CT molecular complexity index is 1750. The van der Waals surface area contributed by atoms with E-state index in [1.165, 1.54) is 37.3 Å². The molecular weight excluding hydrogens is 600 g/mol. The molecule has 0 aliphatic carbocycles. The fraction of sp³-hybridized carbons (Fsp3) is 0.150. The Morgan fingerprint density at radius 3 is 2.21 bits per heavy atom. The zero-order valence-electron chi connectivity index (χ0n) is 20.7. The molecule has 2 N–H and O–H groups in total. The third kappa shape index (κ3) is 9.83. The van der Waals surface area contributed by atoms with Gasteiger partial charge in [0, 0.05) is 29.4 Å². The minimum atomic E-state index is -5.16. The second-order valence-electron chi connectivity index (χ2n) is 7.39. The van der Waals surface area contributed by atoms with Crippen molar-refractivity contribution in [1.29, 1.82) is 0 Å². The van der Waals surface area contributed by atoms with Crippen LogP contribution in [0.3, 0.4) is 0 Å². The van der Waals surface area contributed by atoms with Gasteiger partial charge in [-0.3, -0.25) is 8.98 Å². The van der Waals surface area contributed by atoms with E-state index in [-0.39, 0.29) is 86.2 Å². The number of phenolic OH excluding ortho intramolecular Hbond substituents is 1. The van der Waals surface area contributed by atoms with Gasteiger partial charge in [-0.2, -0.15) is 5.11 Å². The van der Waals surface area contributed by atoms with Gasteiger partial charge in [-0.15, -0.1) is 5.11 Å². The molecular formula is C20H17N3Na2O11S3. The van der Waals surface area contributed by atoms with Crippen LogP contribution in [-0.2, 0) is 39.3 Å². The Kier molecular flexibility index (Phi) is 12.7. The van der Waals surface area contributed by atoms with Crippen molar-refractivity contribution in [2.24, 2.45) is 10.2 Å². The van der Waals surface area contributed by atoms with Crippen molar-refractivity contribution < 1.29 is 108 Å². The molecule has 0 atom stereocenters. The van der Waals surface area contributed by atoms with E-state index in [1.807, 2.05) is 0 Å². The molecule has 0 fully saturated rings. The average molecular weight is 618 g/mol. The fourth-order valence-electron chi connectivity index (χ4n) is 3.20. The van der Waals surface area contributed by atoms with Crippen LogP contribution in [0.4, 0.5) is 17.1 Å². The number of fused-ring (bicyclic) bond motifs is 1. The van der Waals surface area contributed by atoms with E-state index in [9.17, 15) is 44.3 Å². The zero-order valence-corrected chi connectivity index (χ0v) is 27.1. The molecule has 0 unspecified atom stereocenters. The Balaban J connectivity index is 0.00000380. The van der Waals surface area contributed by atoms with Crippen LogP contribution in [0.15, 0.2) is 68.6 Å². The number of rotatable bonds is 9. The van der Waals surface area contributed by atoms with Crippen LogP contribution in [0.1, 0.15) is 6.92 Å². The molecule has 0 aromatic heterocycles. The smallest absolute Gasteiger partial charge is 0.744 e. The van der Waals surface area contributed by atoms with Crippen molar-refractivity contribution in [2.45, 2.75) is 16.7 Å². The van der Waals surface area contributed by atoms with Gasteiger partial charge in [0.05, 0.1) is 27.8 Å². The molecule has 0 saturated carbocycles. The third-order valence-corrected chi connectivity index (χ3v) is 7.71. The number of carbonyl (C=O) groups excluding carboxylic acids is 1. The number of azo groups is 1. The van der Waals surface area contributed by atoms with Crippen LogP contribution in [0.2, 0.25) is 0 Å². The summed E-state index contributed by atoms with van der Waals surface area (Å²) in [5.74, 6) is -1.74. The van der Waals surface area contributed by atoms with E-state index in [2.05, 4.69) is 19.7 Å². The molecule has 14 nitrogen and oxygen atoms in total. The number of amides is 1. The largest absolute Gasteiger partial charge is 1.00 e. The Labute approximate surface area is 268 Å². The van der Waals surface area contributed by atoms with E-state index < -0.39 is 65.0 Å². The van der Waals surface area contributed by atoms with Crippen LogP contribution in [0.5, 0.6) is 5.75 Å². The number of hydrogen-bond acceptors (Lipinski definition) is 13. The Hall–Kier alpha value is -1.48. The topological polar surface area (TPSA) is 232 Å². The predicted molar refractivity (Wildman–Crippen MR) is 126 cm³/mol. The number of hydrogen-bond donors (Lipinski definition) is 2. The quantitative estimate of drug-likeness (QED) is 0.102. The van der Waals surface area contributed by atoms with Gasteiger partial charge in [-0.1, -0.05) is 12.1 Å². The molecule has 0 heterocycles. The van der Waals surface area contributed by atoms with Crippen molar-refractivity contribution in [3.8, 4) is 5.75 Å². The maximum atomic E-state index is 12.4. The maximum absolute atomic E-state index is 12.4. The van der Waals surface area contributed by atoms with Gasteiger partial charge in [0.1, 0.15) is 21.6 Å². The summed E-state index contributed by atoms with van der Waals surface area (Å²) < 4.78 is 96.3. The number of nitrogens with zero attached hydrogens (tertiary/aromatic N) is 2. The Morgan fingerprint density at radius 1 is 0.949 bits per heavy atom. The second kappa shape index (κ2) is 13.9. The molecule has 3 aromatic rings. The number of sulfone groups is 1. The normalized spacial score (nSPS) is 12.1. The molecule has 198 valence electrons. The van der Waals surface area contributed by atoms with Gasteiger partial charge in [-0.05, 0) is 30.3 Å². The minimum Gasteiger partial charge on any atom is -0.744 e. The van der Waals surface area contributed by atoms with Crippen molar-refractivity contribution in [2.75, 3.05) is 17.7 Å². The van der Waals surface area contributed by atoms with Crippen LogP contribution in [0, 0.1) is 0 Å². The summed E-state index contributed by atoms with van der Waals surface area (Å²) >= 11 is 0. The molecule has 3 aromatic carbocycles. The summed E-state index contributed by atoms with van der Waals surface area (Å²) in [5.41, 5.74) is -0.405. The molecule has 0 aliphatic rings. The summed E-state index contributed by atoms with van der Waals surface area (Å²) in [6.07, 6.45) is 0. The van der Waals surface area contributed by atoms with Crippen molar-refractivity contribution in [3.63, 3.8) is 0 Å². The molecule has 0 saturated heterocycles. The van der Waals surface area contributed by atoms with E-state index in [0.717, 1.165) is 18.2 Å². The zero-order chi connectivity index (χ0) is 27.6. The van der Waals surface area contributed by atoms with Crippen LogP contribution in [-0.4, -0.2) is 57.7 Å². The molecule has 1 amide bonds. The van der Waals surface area contributed by atoms with Crippen LogP contribution < -0.4 is 64.4 Å². The predicted octanol–water partition coefficient (Wildman–Crippen LogP) is -3.92. The van der Waals surface area contributed by atoms with Gasteiger partial charge in [0.2, 0.25) is 16.3 Å². The van der Waals surface area contributed by atoms with Crippen molar-refractivity contribution >= 4 is 64.1 Å². The summed E-state index contributed by atoms with van der Waals surface area (Å²) in [7, 11) is -14.4. The number of phenols is 1. The van der Waals surface area contributed by atoms with Gasteiger partial charge in [0.15, 0.2) is 9.84 Å². The van der Waals surface area contributed by atoms with Crippen LogP contribution in [0.25, 0.3) is 10.8 Å². The molecule has 0 aliphatic heterocycles. The second-order valence-corrected chi connectivity index (χ2v) is 11.9. The minimum absolute atomic E-state index is 0. The average Bonchev–Trinajstić information content (AvgIpc) is 2.76. The maximum Gasteiger partial charge on any atom is 1.00 e. The van der Waals surface area contributed by atoms with Gasteiger partial charge >= 0.3 is 59.1 Å². The number of anilines is 1. The molecule has 39 heavy (non-hydrogen) atoms. The summed E-state index contributed by atoms with van der Waals surface area (Å²) in [5, 5.41) is 20.1. The Morgan fingerprint density at radius 2 is 1.62 bits per heavy atom. The van der Waals surface area contributed by atoms with Gasteiger partial charge < -0.3 is 19.5 Å². The number of carbonyl (C=O) groups is 1. The van der Waals surface area contributed by atoms with Gasteiger partial charge in [0.25, 0.3) is 0 Å². The first-order valence-corrected chi connectivity index (χ1v) is 14.3. The first-order chi connectivity index (χ1) is 17.1. The number of nitrogens with one attached hydrogen (secondary N) is 1. The van der Waals surface area contributed by atoms with Gasteiger partial charge in [-0.25, -0.2) is 25.3 Å². The third-order valence-electron chi connectivity index (χ3n) is 4.65. The van der Waals surface area contributed by atoms with E-state index >= 15 is 0 Å². The van der Waals surface area contributed by atoms with E-state index in [0.29, 0.717) is 0 Å². The summed E-state index contributed by atoms with van der Waals surface area (Å²) in [6.45, 7) is 0.330. The summed E-state index contributed by atoms with van der Waals surface area (Å²) in [6, 6.07) is 9.38. The SMILES string of the molecule is CC(=O)Nc1ccc2c(S(=O)(=O)[O-])c(N=Nc3cccc(S(=O)(=O)CCOS(=O)(=O)[O-])c3)cc(O)c2c1.[Na+].[Na+]. The van der Waals surface area contributed by atoms with Crippen molar-refractivity contribution in [3.05, 3.63) is 48.5 Å². The molecule has 0 bridgehead atoms. The molecule has 19 heteroatoms. The van der Waals surface area contributed by atoms with Crippen molar-refractivity contribution in [1.82, 2.24) is 0 Å². The molecule has 0 spiro atoms. The van der Waals surface area contributed by atoms with Crippen LogP contribution >= 0.6 is 0 Å². The first kappa shape index (κ1) is 35.5. The first-order valence-electron chi connectivity index (χ1n) is 9.95. The van der Waals surface area contributed by atoms with E-state index in [1.54, 1.807) is 0 Å².